The van der Waals surface area contributed by atoms with E-state index in [2.05, 4.69) is 25.3 Å². The summed E-state index contributed by atoms with van der Waals surface area (Å²) >= 11 is 0. The van der Waals surface area contributed by atoms with E-state index in [4.69, 9.17) is 4.52 Å². The molecule has 0 saturated carbocycles. The molecule has 1 N–H and O–H groups in total. The van der Waals surface area contributed by atoms with E-state index in [1.165, 1.54) is 19.3 Å². The molecule has 3 aromatic rings. The quantitative estimate of drug-likeness (QED) is 0.765. The predicted octanol–water partition coefficient (Wildman–Crippen LogP) is 2.11. The molecule has 8 heteroatoms. The van der Waals surface area contributed by atoms with Gasteiger partial charge in [0.25, 0.3) is 5.89 Å². The molecule has 0 bridgehead atoms. The van der Waals surface area contributed by atoms with Gasteiger partial charge >= 0.3 is 0 Å². The molecular weight excluding hydrogens is 256 g/mol. The van der Waals surface area contributed by atoms with Crippen molar-refractivity contribution in [3.8, 4) is 23.1 Å². The van der Waals surface area contributed by atoms with Gasteiger partial charge in [0.15, 0.2) is 5.82 Å². The fraction of sp³-hybridized carbons (Fsp3) is 0.0909. The topological polar surface area (TPSA) is 80.5 Å². The van der Waals surface area contributed by atoms with E-state index in [0.717, 1.165) is 6.07 Å². The highest BCUT2D eigenvalue weighted by molar-refractivity contribution is 5.58. The molecule has 2 aromatic heterocycles. The van der Waals surface area contributed by atoms with Crippen LogP contribution in [0.2, 0.25) is 0 Å². The van der Waals surface area contributed by atoms with E-state index in [9.17, 15) is 8.78 Å². The van der Waals surface area contributed by atoms with Crippen LogP contribution < -0.4 is 0 Å². The summed E-state index contributed by atoms with van der Waals surface area (Å²) in [5.74, 6) is -1.41. The number of hydrogen-bond acceptors (Lipinski definition) is 5. The van der Waals surface area contributed by atoms with Crippen LogP contribution in [0, 0.1) is 18.6 Å². The molecule has 0 unspecified atom stereocenters. The molecule has 3 rings (SSSR count). The third kappa shape index (κ3) is 1.86. The predicted molar refractivity (Wildman–Crippen MR) is 59.8 cm³/mol. The van der Waals surface area contributed by atoms with Crippen LogP contribution in [0.25, 0.3) is 23.1 Å². The molecule has 96 valence electrons. The number of H-pyrrole nitrogens is 1. The van der Waals surface area contributed by atoms with Crippen molar-refractivity contribution in [3.05, 3.63) is 35.7 Å². The lowest BCUT2D eigenvalue weighted by Gasteiger charge is -2.01. The molecule has 0 saturated heterocycles. The number of aromatic amines is 1. The zero-order valence-electron chi connectivity index (χ0n) is 9.69. The number of halogens is 2. The summed E-state index contributed by atoms with van der Waals surface area (Å²) < 4.78 is 32.4. The smallest absolute Gasteiger partial charge is 0.264 e. The van der Waals surface area contributed by atoms with Crippen molar-refractivity contribution in [2.75, 3.05) is 0 Å². The lowest BCUT2D eigenvalue weighted by molar-refractivity contribution is 0.425. The SMILES string of the molecule is Cc1ccc(F)c(-c2nc(-c3ncn[nH]3)no2)c1F. The molecule has 2 heterocycles. The van der Waals surface area contributed by atoms with Crippen LogP contribution in [-0.4, -0.2) is 25.3 Å². The van der Waals surface area contributed by atoms with Gasteiger partial charge in [0, 0.05) is 0 Å². The average molecular weight is 263 g/mol. The van der Waals surface area contributed by atoms with Crippen molar-refractivity contribution < 1.29 is 13.3 Å². The second-order valence-electron chi connectivity index (χ2n) is 3.81. The Hall–Kier alpha value is -2.64. The molecule has 0 atom stereocenters. The Kier molecular flexibility index (Phi) is 2.55. The minimum atomic E-state index is -0.768. The first-order valence-corrected chi connectivity index (χ1v) is 5.31. The van der Waals surface area contributed by atoms with E-state index in [1.807, 2.05) is 0 Å². The summed E-state index contributed by atoms with van der Waals surface area (Å²) in [6, 6.07) is 2.48. The minimum absolute atomic E-state index is 0.0767. The molecule has 0 aliphatic carbocycles. The number of rotatable bonds is 2. The number of nitrogens with zero attached hydrogens (tertiary/aromatic N) is 4. The molecule has 0 radical (unpaired) electrons. The highest BCUT2D eigenvalue weighted by Crippen LogP contribution is 2.27. The zero-order chi connectivity index (χ0) is 13.4. The van der Waals surface area contributed by atoms with Crippen LogP contribution in [0.4, 0.5) is 8.78 Å². The third-order valence-electron chi connectivity index (χ3n) is 2.55. The average Bonchev–Trinajstić information content (AvgIpc) is 3.04. The molecule has 19 heavy (non-hydrogen) atoms. The van der Waals surface area contributed by atoms with E-state index < -0.39 is 11.6 Å². The zero-order valence-corrected chi connectivity index (χ0v) is 9.69. The number of hydrogen-bond donors (Lipinski definition) is 1. The molecule has 0 spiro atoms. The fourth-order valence-electron chi connectivity index (χ4n) is 1.59. The van der Waals surface area contributed by atoms with Gasteiger partial charge in [0.1, 0.15) is 23.5 Å². The Morgan fingerprint density at radius 3 is 2.84 bits per heavy atom. The number of benzene rings is 1. The maximum atomic E-state index is 13.9. The monoisotopic (exact) mass is 263 g/mol. The first kappa shape index (κ1) is 11.5. The van der Waals surface area contributed by atoms with Gasteiger partial charge in [-0.3, -0.25) is 5.10 Å². The van der Waals surface area contributed by atoms with Gasteiger partial charge in [-0.25, -0.2) is 13.8 Å². The van der Waals surface area contributed by atoms with Crippen molar-refractivity contribution in [1.29, 1.82) is 0 Å². The van der Waals surface area contributed by atoms with Crippen LogP contribution in [0.1, 0.15) is 5.56 Å². The summed E-state index contributed by atoms with van der Waals surface area (Å²) in [7, 11) is 0. The third-order valence-corrected chi connectivity index (χ3v) is 2.55. The Morgan fingerprint density at radius 2 is 2.11 bits per heavy atom. The van der Waals surface area contributed by atoms with Gasteiger partial charge in [0.2, 0.25) is 5.82 Å². The van der Waals surface area contributed by atoms with E-state index in [1.54, 1.807) is 0 Å². The summed E-state index contributed by atoms with van der Waals surface area (Å²) in [6.45, 7) is 1.52. The molecule has 0 fully saturated rings. The number of aryl methyl sites for hydroxylation is 1. The molecular formula is C11H7F2N5O. The lowest BCUT2D eigenvalue weighted by atomic mass is 10.1. The van der Waals surface area contributed by atoms with Crippen molar-refractivity contribution in [2.24, 2.45) is 0 Å². The normalized spacial score (nSPS) is 10.9. The Morgan fingerprint density at radius 1 is 1.26 bits per heavy atom. The Bertz CT molecular complexity index is 723. The second-order valence-corrected chi connectivity index (χ2v) is 3.81. The van der Waals surface area contributed by atoms with Crippen LogP contribution in [-0.2, 0) is 0 Å². The second kappa shape index (κ2) is 4.23. The van der Waals surface area contributed by atoms with E-state index >= 15 is 0 Å². The van der Waals surface area contributed by atoms with E-state index in [0.29, 0.717) is 0 Å². The van der Waals surface area contributed by atoms with Gasteiger partial charge in [-0.15, -0.1) is 0 Å². The van der Waals surface area contributed by atoms with Gasteiger partial charge in [0.05, 0.1) is 0 Å². The lowest BCUT2D eigenvalue weighted by Crippen LogP contribution is -1.93. The fourth-order valence-corrected chi connectivity index (χ4v) is 1.59. The van der Waals surface area contributed by atoms with E-state index in [-0.39, 0.29) is 28.7 Å². The Labute approximate surface area is 105 Å². The van der Waals surface area contributed by atoms with Crippen molar-refractivity contribution >= 4 is 0 Å². The van der Waals surface area contributed by atoms with Crippen molar-refractivity contribution in [2.45, 2.75) is 6.92 Å². The first-order valence-electron chi connectivity index (χ1n) is 5.31. The van der Waals surface area contributed by atoms with Crippen LogP contribution in [0.5, 0.6) is 0 Å². The molecule has 0 aliphatic heterocycles. The van der Waals surface area contributed by atoms with Crippen molar-refractivity contribution in [1.82, 2.24) is 25.3 Å². The summed E-state index contributed by atoms with van der Waals surface area (Å²) in [4.78, 5) is 7.71. The largest absolute Gasteiger partial charge is 0.333 e. The van der Waals surface area contributed by atoms with Crippen LogP contribution in [0.15, 0.2) is 23.0 Å². The number of nitrogens with one attached hydrogen (secondary N) is 1. The summed E-state index contributed by atoms with van der Waals surface area (Å²) in [6.07, 6.45) is 1.26. The molecule has 1 aromatic carbocycles. The van der Waals surface area contributed by atoms with Gasteiger partial charge in [-0.1, -0.05) is 11.2 Å². The first-order chi connectivity index (χ1) is 9.16. The highest BCUT2D eigenvalue weighted by atomic mass is 19.1. The van der Waals surface area contributed by atoms with Gasteiger partial charge < -0.3 is 4.52 Å². The summed E-state index contributed by atoms with van der Waals surface area (Å²) in [5.41, 5.74) is -0.0610. The maximum absolute atomic E-state index is 13.9. The van der Waals surface area contributed by atoms with Crippen LogP contribution >= 0.6 is 0 Å². The summed E-state index contributed by atoms with van der Waals surface area (Å²) in [5, 5.41) is 9.74. The highest BCUT2D eigenvalue weighted by Gasteiger charge is 2.20. The standard InChI is InChI=1S/C11H7F2N5O/c1-5-2-3-6(12)7(8(5)13)11-16-10(18-19-11)9-14-4-15-17-9/h2-4H,1H3,(H,14,15,17). The number of aromatic nitrogens is 5. The molecule has 0 amide bonds. The van der Waals surface area contributed by atoms with Crippen LogP contribution in [0.3, 0.4) is 0 Å². The molecule has 6 nitrogen and oxygen atoms in total. The maximum Gasteiger partial charge on any atom is 0.264 e. The minimum Gasteiger partial charge on any atom is -0.333 e. The molecule has 0 aliphatic rings. The Balaban J connectivity index is 2.11. The van der Waals surface area contributed by atoms with Gasteiger partial charge in [-0.2, -0.15) is 10.1 Å². The van der Waals surface area contributed by atoms with Gasteiger partial charge in [-0.05, 0) is 18.6 Å². The van der Waals surface area contributed by atoms with Crippen molar-refractivity contribution in [3.63, 3.8) is 0 Å².